The summed E-state index contributed by atoms with van der Waals surface area (Å²) in [4.78, 5) is 40.2. The minimum atomic E-state index is -0.743. The lowest BCUT2D eigenvalue weighted by atomic mass is 9.99. The van der Waals surface area contributed by atoms with Gasteiger partial charge in [0.2, 0.25) is 0 Å². The van der Waals surface area contributed by atoms with Crippen molar-refractivity contribution in [3.63, 3.8) is 0 Å². The van der Waals surface area contributed by atoms with E-state index in [4.69, 9.17) is 9.47 Å². The van der Waals surface area contributed by atoms with Crippen LogP contribution in [0.3, 0.4) is 0 Å². The first kappa shape index (κ1) is 21.5. The summed E-state index contributed by atoms with van der Waals surface area (Å²) in [7, 11) is 0. The van der Waals surface area contributed by atoms with Crippen LogP contribution < -0.4 is 4.74 Å². The summed E-state index contributed by atoms with van der Waals surface area (Å²) in [6.45, 7) is 3.93. The van der Waals surface area contributed by atoms with E-state index in [0.717, 1.165) is 0 Å². The molecule has 32 heavy (non-hydrogen) atoms. The third-order valence-corrected chi connectivity index (χ3v) is 5.36. The van der Waals surface area contributed by atoms with Crippen molar-refractivity contribution in [3.05, 3.63) is 83.7 Å². The minimum absolute atomic E-state index is 0.0131. The van der Waals surface area contributed by atoms with Crippen LogP contribution in [0.4, 0.5) is 0 Å². The summed E-state index contributed by atoms with van der Waals surface area (Å²) < 4.78 is 12.6. The first-order valence-corrected chi connectivity index (χ1v) is 10.5. The predicted molar refractivity (Wildman–Crippen MR) is 118 cm³/mol. The Bertz CT molecular complexity index is 1150. The first-order chi connectivity index (χ1) is 15.5. The lowest BCUT2D eigenvalue weighted by Crippen LogP contribution is -2.35. The van der Waals surface area contributed by atoms with Crippen LogP contribution in [0.25, 0.3) is 5.69 Å². The van der Waals surface area contributed by atoms with E-state index in [1.54, 1.807) is 47.0 Å². The number of aromatic nitrogens is 1. The average molecular weight is 432 g/mol. The lowest BCUT2D eigenvalue weighted by Gasteiger charge is -2.26. The van der Waals surface area contributed by atoms with Crippen molar-refractivity contribution >= 4 is 17.6 Å². The molecular formula is C25H24N2O5. The summed E-state index contributed by atoms with van der Waals surface area (Å²) in [5, 5.41) is 0. The number of ether oxygens (including phenoxy) is 2. The molecule has 4 rings (SSSR count). The fourth-order valence-electron chi connectivity index (χ4n) is 3.91. The number of benzene rings is 2. The van der Waals surface area contributed by atoms with Crippen LogP contribution in [-0.2, 0) is 9.53 Å². The van der Waals surface area contributed by atoms with Crippen LogP contribution in [0.5, 0.6) is 5.75 Å². The van der Waals surface area contributed by atoms with Crippen LogP contribution in [0, 0.1) is 0 Å². The van der Waals surface area contributed by atoms with E-state index in [2.05, 4.69) is 0 Å². The maximum atomic E-state index is 13.5. The van der Waals surface area contributed by atoms with Gasteiger partial charge in [-0.3, -0.25) is 19.3 Å². The van der Waals surface area contributed by atoms with Crippen molar-refractivity contribution in [2.75, 3.05) is 13.4 Å². The molecule has 2 amide bonds. The Morgan fingerprint density at radius 1 is 1.00 bits per heavy atom. The average Bonchev–Trinajstić information content (AvgIpc) is 3.40. The van der Waals surface area contributed by atoms with Crippen LogP contribution in [0.1, 0.15) is 52.6 Å². The Kier molecular flexibility index (Phi) is 6.18. The molecule has 7 heteroatoms. The molecule has 1 aromatic heterocycles. The number of hydrogen-bond acceptors (Lipinski definition) is 5. The zero-order valence-corrected chi connectivity index (χ0v) is 18.0. The Balaban J connectivity index is 1.73. The molecule has 0 aliphatic carbocycles. The fourth-order valence-corrected chi connectivity index (χ4v) is 3.91. The Hall–Kier alpha value is -3.71. The molecule has 1 aliphatic rings. The molecule has 1 unspecified atom stereocenters. The molecule has 0 saturated carbocycles. The SMILES string of the molecule is CCOCOc1cccc(C(CC(C)=O)N2C(=O)c3cccc(-n4cccc4)c3C2=O)c1. The Morgan fingerprint density at radius 3 is 2.47 bits per heavy atom. The van der Waals surface area contributed by atoms with Gasteiger partial charge in [-0.05, 0) is 55.8 Å². The number of hydrogen-bond donors (Lipinski definition) is 0. The van der Waals surface area contributed by atoms with Gasteiger partial charge in [0, 0.05) is 25.4 Å². The molecule has 0 spiro atoms. The van der Waals surface area contributed by atoms with Crippen LogP contribution >= 0.6 is 0 Å². The van der Waals surface area contributed by atoms with Gasteiger partial charge in [0.25, 0.3) is 11.8 Å². The van der Waals surface area contributed by atoms with Gasteiger partial charge in [-0.25, -0.2) is 0 Å². The molecule has 0 saturated heterocycles. The Morgan fingerprint density at radius 2 is 1.75 bits per heavy atom. The number of ketones is 1. The van der Waals surface area contributed by atoms with Crippen molar-refractivity contribution in [3.8, 4) is 11.4 Å². The van der Waals surface area contributed by atoms with Crippen molar-refractivity contribution < 1.29 is 23.9 Å². The Labute approximate surface area is 186 Å². The first-order valence-electron chi connectivity index (χ1n) is 10.5. The fraction of sp³-hybridized carbons (Fsp3) is 0.240. The second kappa shape index (κ2) is 9.20. The molecule has 164 valence electrons. The van der Waals surface area contributed by atoms with E-state index in [0.29, 0.717) is 34.7 Å². The number of carbonyl (C=O) groups excluding carboxylic acids is 3. The number of rotatable bonds is 9. The smallest absolute Gasteiger partial charge is 0.264 e. The van der Waals surface area contributed by atoms with E-state index in [-0.39, 0.29) is 19.0 Å². The second-order valence-electron chi connectivity index (χ2n) is 7.52. The molecule has 3 aromatic rings. The third-order valence-electron chi connectivity index (χ3n) is 5.36. The van der Waals surface area contributed by atoms with Crippen LogP contribution in [-0.4, -0.2) is 40.5 Å². The van der Waals surface area contributed by atoms with Crippen molar-refractivity contribution in [1.82, 2.24) is 9.47 Å². The molecule has 2 aromatic carbocycles. The van der Waals surface area contributed by atoms with Gasteiger partial charge in [-0.1, -0.05) is 18.2 Å². The topological polar surface area (TPSA) is 77.8 Å². The van der Waals surface area contributed by atoms with Gasteiger partial charge in [-0.2, -0.15) is 0 Å². The molecule has 2 heterocycles. The van der Waals surface area contributed by atoms with Crippen LogP contribution in [0.15, 0.2) is 67.0 Å². The number of Topliss-reactive ketones (excluding diaryl/α,β-unsaturated/α-hetero) is 1. The molecule has 0 fully saturated rings. The standard InChI is InChI=1S/C25H24N2O5/c1-3-31-16-32-19-9-6-8-18(15-19)22(14-17(2)28)27-24(29)20-10-7-11-21(23(20)25(27)30)26-12-4-5-13-26/h4-13,15,22H,3,14,16H2,1-2H3. The van der Waals surface area contributed by atoms with E-state index >= 15 is 0 Å². The minimum Gasteiger partial charge on any atom is -0.468 e. The molecule has 7 nitrogen and oxygen atoms in total. The summed E-state index contributed by atoms with van der Waals surface area (Å²) in [5.74, 6) is -0.418. The van der Waals surface area contributed by atoms with Crippen molar-refractivity contribution in [1.29, 1.82) is 0 Å². The van der Waals surface area contributed by atoms with Crippen molar-refractivity contribution in [2.45, 2.75) is 26.3 Å². The zero-order valence-electron chi connectivity index (χ0n) is 18.0. The third kappa shape index (κ3) is 4.07. The van der Waals surface area contributed by atoms with E-state index in [1.807, 2.05) is 31.5 Å². The highest BCUT2D eigenvalue weighted by Crippen LogP contribution is 2.37. The van der Waals surface area contributed by atoms with Gasteiger partial charge in [0.1, 0.15) is 11.5 Å². The predicted octanol–water partition coefficient (Wildman–Crippen LogP) is 4.17. The van der Waals surface area contributed by atoms with E-state index in [9.17, 15) is 14.4 Å². The molecule has 1 aliphatic heterocycles. The number of carbonyl (C=O) groups is 3. The summed E-state index contributed by atoms with van der Waals surface area (Å²) in [5.41, 5.74) is 1.94. The largest absolute Gasteiger partial charge is 0.468 e. The molecular weight excluding hydrogens is 408 g/mol. The number of amides is 2. The quantitative estimate of drug-likeness (QED) is 0.288. The van der Waals surface area contributed by atoms with Gasteiger partial charge >= 0.3 is 0 Å². The molecule has 1 atom stereocenters. The highest BCUT2D eigenvalue weighted by atomic mass is 16.7. The maximum absolute atomic E-state index is 13.5. The lowest BCUT2D eigenvalue weighted by molar-refractivity contribution is -0.117. The summed E-state index contributed by atoms with van der Waals surface area (Å²) >= 11 is 0. The highest BCUT2D eigenvalue weighted by Gasteiger charge is 2.42. The molecule has 0 bridgehead atoms. The van der Waals surface area contributed by atoms with Gasteiger partial charge < -0.3 is 14.0 Å². The van der Waals surface area contributed by atoms with Gasteiger partial charge in [0.15, 0.2) is 6.79 Å². The van der Waals surface area contributed by atoms with E-state index < -0.39 is 17.9 Å². The number of nitrogens with zero attached hydrogens (tertiary/aromatic N) is 2. The molecule has 0 radical (unpaired) electrons. The van der Waals surface area contributed by atoms with Crippen molar-refractivity contribution in [2.24, 2.45) is 0 Å². The second-order valence-corrected chi connectivity index (χ2v) is 7.52. The number of imide groups is 1. The number of fused-ring (bicyclic) bond motifs is 1. The molecule has 0 N–H and O–H groups in total. The highest BCUT2D eigenvalue weighted by molar-refractivity contribution is 6.23. The monoisotopic (exact) mass is 432 g/mol. The summed E-state index contributed by atoms with van der Waals surface area (Å²) in [6.07, 6.45) is 3.66. The normalized spacial score (nSPS) is 13.9. The summed E-state index contributed by atoms with van der Waals surface area (Å²) in [6, 6.07) is 15.2. The van der Waals surface area contributed by atoms with Gasteiger partial charge in [0.05, 0.1) is 22.9 Å². The van der Waals surface area contributed by atoms with Crippen LogP contribution in [0.2, 0.25) is 0 Å². The maximum Gasteiger partial charge on any atom is 0.264 e. The van der Waals surface area contributed by atoms with E-state index in [1.165, 1.54) is 11.8 Å². The zero-order chi connectivity index (χ0) is 22.7. The van der Waals surface area contributed by atoms with Gasteiger partial charge in [-0.15, -0.1) is 0 Å².